The Kier molecular flexibility index (Phi) is 3.13. The van der Waals surface area contributed by atoms with E-state index in [4.69, 9.17) is 5.73 Å². The van der Waals surface area contributed by atoms with Crippen LogP contribution in [-0.2, 0) is 19.3 Å². The van der Waals surface area contributed by atoms with Crippen molar-refractivity contribution >= 4 is 10.9 Å². The second kappa shape index (κ2) is 4.77. The summed E-state index contributed by atoms with van der Waals surface area (Å²) in [7, 11) is 0. The molecule has 0 radical (unpaired) electrons. The van der Waals surface area contributed by atoms with Gasteiger partial charge in [0.2, 0.25) is 0 Å². The summed E-state index contributed by atoms with van der Waals surface area (Å²) >= 11 is 0. The first-order valence-electron chi connectivity index (χ1n) is 7.11. The van der Waals surface area contributed by atoms with Crippen molar-refractivity contribution in [1.82, 2.24) is 4.98 Å². The van der Waals surface area contributed by atoms with Crippen LogP contribution in [0.3, 0.4) is 0 Å². The van der Waals surface area contributed by atoms with Gasteiger partial charge in [0.05, 0.1) is 0 Å². The maximum Gasteiger partial charge on any atom is 0.0459 e. The van der Waals surface area contributed by atoms with Gasteiger partial charge in [-0.2, -0.15) is 0 Å². The van der Waals surface area contributed by atoms with E-state index < -0.39 is 0 Å². The second-order valence-corrected chi connectivity index (χ2v) is 5.70. The molecule has 1 aliphatic rings. The summed E-state index contributed by atoms with van der Waals surface area (Å²) in [6.07, 6.45) is 9.50. The molecule has 1 atom stereocenters. The third-order valence-corrected chi connectivity index (χ3v) is 4.10. The fourth-order valence-electron chi connectivity index (χ4n) is 3.00. The lowest BCUT2D eigenvalue weighted by molar-refractivity contribution is 0.667. The first-order chi connectivity index (χ1) is 8.74. The number of aryl methyl sites for hydroxylation is 3. The molecule has 0 saturated heterocycles. The van der Waals surface area contributed by atoms with E-state index in [1.807, 2.05) is 0 Å². The lowest BCUT2D eigenvalue weighted by Gasteiger charge is -2.15. The molecule has 0 saturated carbocycles. The normalized spacial score (nSPS) is 16.8. The maximum atomic E-state index is 5.85. The van der Waals surface area contributed by atoms with E-state index in [2.05, 4.69) is 30.2 Å². The maximum absolute atomic E-state index is 5.85. The van der Waals surface area contributed by atoms with Crippen LogP contribution in [0, 0.1) is 0 Å². The van der Waals surface area contributed by atoms with E-state index in [0.29, 0.717) is 0 Å². The summed E-state index contributed by atoms with van der Waals surface area (Å²) in [6, 6.07) is 5.06. The summed E-state index contributed by atoms with van der Waals surface area (Å²) in [6.45, 7) is 2.08. The summed E-state index contributed by atoms with van der Waals surface area (Å²) < 4.78 is 0. The van der Waals surface area contributed by atoms with Crippen molar-refractivity contribution < 1.29 is 0 Å². The van der Waals surface area contributed by atoms with Crippen LogP contribution in [0.4, 0.5) is 0 Å². The van der Waals surface area contributed by atoms with E-state index in [9.17, 15) is 0 Å². The second-order valence-electron chi connectivity index (χ2n) is 5.70. The Morgan fingerprint density at radius 2 is 1.94 bits per heavy atom. The molecule has 2 heteroatoms. The van der Waals surface area contributed by atoms with Crippen LogP contribution in [0.2, 0.25) is 0 Å². The molecule has 2 nitrogen and oxygen atoms in total. The highest BCUT2D eigenvalue weighted by Crippen LogP contribution is 2.28. The third kappa shape index (κ3) is 2.17. The SMILES string of the molecule is CC(N)CCc1c[nH]c2cc3c(cc12)CCCC3. The van der Waals surface area contributed by atoms with Crippen LogP contribution >= 0.6 is 0 Å². The van der Waals surface area contributed by atoms with Gasteiger partial charge in [0.25, 0.3) is 0 Å². The Bertz CT molecular complexity index is 551. The van der Waals surface area contributed by atoms with Crippen LogP contribution in [-0.4, -0.2) is 11.0 Å². The topological polar surface area (TPSA) is 41.8 Å². The summed E-state index contributed by atoms with van der Waals surface area (Å²) in [5.74, 6) is 0. The molecule has 1 unspecified atom stereocenters. The summed E-state index contributed by atoms with van der Waals surface area (Å²) in [4.78, 5) is 3.42. The average molecular weight is 242 g/mol. The van der Waals surface area contributed by atoms with Crippen LogP contribution < -0.4 is 5.73 Å². The van der Waals surface area contributed by atoms with Gasteiger partial charge in [-0.25, -0.2) is 0 Å². The lowest BCUT2D eigenvalue weighted by Crippen LogP contribution is -2.15. The zero-order valence-corrected chi connectivity index (χ0v) is 11.1. The number of hydrogen-bond acceptors (Lipinski definition) is 1. The van der Waals surface area contributed by atoms with Crippen LogP contribution in [0.15, 0.2) is 18.3 Å². The van der Waals surface area contributed by atoms with Crippen molar-refractivity contribution in [1.29, 1.82) is 0 Å². The number of rotatable bonds is 3. The van der Waals surface area contributed by atoms with Gasteiger partial charge in [-0.05, 0) is 74.3 Å². The predicted octanol–water partition coefficient (Wildman–Crippen LogP) is 3.33. The Morgan fingerprint density at radius 3 is 2.67 bits per heavy atom. The largest absolute Gasteiger partial charge is 0.361 e. The number of hydrogen-bond donors (Lipinski definition) is 2. The van der Waals surface area contributed by atoms with Gasteiger partial charge in [-0.15, -0.1) is 0 Å². The zero-order valence-electron chi connectivity index (χ0n) is 11.1. The molecular formula is C16H22N2. The molecule has 96 valence electrons. The van der Waals surface area contributed by atoms with E-state index in [1.54, 1.807) is 11.1 Å². The highest BCUT2D eigenvalue weighted by atomic mass is 14.7. The molecule has 1 aromatic heterocycles. The van der Waals surface area contributed by atoms with E-state index in [-0.39, 0.29) is 6.04 Å². The van der Waals surface area contributed by atoms with E-state index in [1.165, 1.54) is 42.1 Å². The molecule has 1 aromatic carbocycles. The Labute approximate surface area is 109 Å². The summed E-state index contributed by atoms with van der Waals surface area (Å²) in [5.41, 5.74) is 11.7. The van der Waals surface area contributed by atoms with Crippen LogP contribution in [0.25, 0.3) is 10.9 Å². The van der Waals surface area contributed by atoms with Crippen molar-refractivity contribution in [2.75, 3.05) is 0 Å². The fourth-order valence-corrected chi connectivity index (χ4v) is 3.00. The quantitative estimate of drug-likeness (QED) is 0.851. The number of nitrogens with two attached hydrogens (primary N) is 1. The molecule has 1 aliphatic carbocycles. The van der Waals surface area contributed by atoms with Crippen molar-refractivity contribution in [3.05, 3.63) is 35.0 Å². The van der Waals surface area contributed by atoms with Gasteiger partial charge < -0.3 is 10.7 Å². The van der Waals surface area contributed by atoms with Gasteiger partial charge in [-0.1, -0.05) is 0 Å². The first kappa shape index (κ1) is 11.8. The molecule has 0 aliphatic heterocycles. The number of aromatic nitrogens is 1. The standard InChI is InChI=1S/C16H22N2/c1-11(17)6-7-14-10-18-16-9-13-5-3-2-4-12(13)8-15(14)16/h8-11,18H,2-7,17H2,1H3. The predicted molar refractivity (Wildman–Crippen MR) is 76.9 cm³/mol. The molecule has 18 heavy (non-hydrogen) atoms. The Hall–Kier alpha value is -1.28. The van der Waals surface area contributed by atoms with Gasteiger partial charge >= 0.3 is 0 Å². The Balaban J connectivity index is 1.97. The Morgan fingerprint density at radius 1 is 1.22 bits per heavy atom. The number of nitrogens with one attached hydrogen (secondary N) is 1. The van der Waals surface area contributed by atoms with E-state index >= 15 is 0 Å². The van der Waals surface area contributed by atoms with Crippen LogP contribution in [0.1, 0.15) is 42.9 Å². The zero-order chi connectivity index (χ0) is 12.5. The molecule has 3 N–H and O–H groups in total. The smallest absolute Gasteiger partial charge is 0.0459 e. The number of H-pyrrole nitrogens is 1. The molecule has 0 fully saturated rings. The monoisotopic (exact) mass is 242 g/mol. The molecule has 0 bridgehead atoms. The molecule has 2 aromatic rings. The summed E-state index contributed by atoms with van der Waals surface area (Å²) in [5, 5.41) is 1.41. The number of fused-ring (bicyclic) bond motifs is 2. The lowest BCUT2D eigenvalue weighted by atomic mass is 9.90. The van der Waals surface area contributed by atoms with Gasteiger partial charge in [0.1, 0.15) is 0 Å². The average Bonchev–Trinajstić information content (AvgIpc) is 2.76. The molecule has 1 heterocycles. The minimum absolute atomic E-state index is 0.285. The molecular weight excluding hydrogens is 220 g/mol. The highest BCUT2D eigenvalue weighted by Gasteiger charge is 2.13. The van der Waals surface area contributed by atoms with Crippen molar-refractivity contribution in [2.24, 2.45) is 5.73 Å². The van der Waals surface area contributed by atoms with Crippen molar-refractivity contribution in [3.63, 3.8) is 0 Å². The first-order valence-corrected chi connectivity index (χ1v) is 7.11. The molecule has 0 spiro atoms. The van der Waals surface area contributed by atoms with Gasteiger partial charge in [0, 0.05) is 23.1 Å². The number of aromatic amines is 1. The number of benzene rings is 1. The van der Waals surface area contributed by atoms with Gasteiger partial charge in [0.15, 0.2) is 0 Å². The fraction of sp³-hybridized carbons (Fsp3) is 0.500. The minimum Gasteiger partial charge on any atom is -0.361 e. The van der Waals surface area contributed by atoms with Gasteiger partial charge in [-0.3, -0.25) is 0 Å². The third-order valence-electron chi connectivity index (χ3n) is 4.10. The van der Waals surface area contributed by atoms with Crippen molar-refractivity contribution in [3.8, 4) is 0 Å². The highest BCUT2D eigenvalue weighted by molar-refractivity contribution is 5.85. The molecule has 3 rings (SSSR count). The van der Waals surface area contributed by atoms with Crippen molar-refractivity contribution in [2.45, 2.75) is 51.5 Å². The van der Waals surface area contributed by atoms with Crippen LogP contribution in [0.5, 0.6) is 0 Å². The molecule has 0 amide bonds. The van der Waals surface area contributed by atoms with E-state index in [0.717, 1.165) is 12.8 Å². The minimum atomic E-state index is 0.285.